The van der Waals surface area contributed by atoms with Crippen molar-refractivity contribution in [3.8, 4) is 5.75 Å². The monoisotopic (exact) mass is 352 g/mol. The topological polar surface area (TPSA) is 145 Å². The molecule has 0 heterocycles. The third kappa shape index (κ3) is 5.28. The number of ether oxygens (including phenoxy) is 1. The van der Waals surface area contributed by atoms with E-state index in [9.17, 15) is 30.0 Å². The summed E-state index contributed by atoms with van der Waals surface area (Å²) in [5.74, 6) is -2.00. The number of aliphatic hydroxyl groups excluding tert-OH is 2. The Bertz CT molecular complexity index is 653. The Balaban J connectivity index is 2.02. The second kappa shape index (κ2) is 7.64. The zero-order valence-electron chi connectivity index (χ0n) is 13.3. The first-order valence-corrected chi connectivity index (χ1v) is 7.66. The van der Waals surface area contributed by atoms with Crippen molar-refractivity contribution in [1.29, 1.82) is 0 Å². The van der Waals surface area contributed by atoms with Crippen LogP contribution < -0.4 is 0 Å². The van der Waals surface area contributed by atoms with Gasteiger partial charge in [-0.15, -0.1) is 0 Å². The maximum atomic E-state index is 11.9. The number of rotatable bonds is 5. The maximum absolute atomic E-state index is 11.9. The van der Waals surface area contributed by atoms with Gasteiger partial charge in [-0.3, -0.25) is 4.79 Å². The molecule has 0 aromatic heterocycles. The molecule has 0 saturated heterocycles. The summed E-state index contributed by atoms with van der Waals surface area (Å²) in [7, 11) is 0. The number of benzene rings is 1. The zero-order chi connectivity index (χ0) is 18.6. The van der Waals surface area contributed by atoms with Crippen LogP contribution in [-0.4, -0.2) is 61.4 Å². The molecule has 0 unspecified atom stereocenters. The number of hydrogen-bond donors (Lipinski definition) is 5. The minimum atomic E-state index is -1.77. The summed E-state index contributed by atoms with van der Waals surface area (Å²) in [6.45, 7) is 0. The fourth-order valence-corrected chi connectivity index (χ4v) is 2.81. The van der Waals surface area contributed by atoms with Crippen LogP contribution in [0.5, 0.6) is 5.75 Å². The minimum absolute atomic E-state index is 0.0803. The van der Waals surface area contributed by atoms with Crippen LogP contribution in [0.2, 0.25) is 0 Å². The highest BCUT2D eigenvalue weighted by molar-refractivity contribution is 5.87. The van der Waals surface area contributed by atoms with Gasteiger partial charge < -0.3 is 30.3 Å². The largest absolute Gasteiger partial charge is 0.508 e. The first kappa shape index (κ1) is 18.9. The number of carbonyl (C=O) groups excluding carboxylic acids is 1. The number of carbonyl (C=O) groups is 2. The van der Waals surface area contributed by atoms with Crippen molar-refractivity contribution in [2.75, 3.05) is 0 Å². The van der Waals surface area contributed by atoms with Gasteiger partial charge in [0.05, 0.1) is 18.1 Å². The fraction of sp³-hybridized carbons (Fsp3) is 0.412. The molecule has 1 aromatic rings. The molecule has 1 aliphatic carbocycles. The van der Waals surface area contributed by atoms with Gasteiger partial charge in [0.1, 0.15) is 18.0 Å². The molecule has 0 spiro atoms. The molecule has 0 amide bonds. The van der Waals surface area contributed by atoms with Gasteiger partial charge in [-0.25, -0.2) is 4.79 Å². The van der Waals surface area contributed by atoms with Crippen LogP contribution >= 0.6 is 0 Å². The predicted octanol–water partition coefficient (Wildman–Crippen LogP) is 0.0386. The van der Waals surface area contributed by atoms with Gasteiger partial charge in [0.2, 0.25) is 0 Å². The van der Waals surface area contributed by atoms with Crippen LogP contribution in [0.15, 0.2) is 30.3 Å². The van der Waals surface area contributed by atoms with Crippen LogP contribution in [0.25, 0.3) is 6.08 Å². The van der Waals surface area contributed by atoms with Gasteiger partial charge in [-0.2, -0.15) is 0 Å². The average Bonchev–Trinajstić information content (AvgIpc) is 2.50. The molecule has 0 aliphatic heterocycles. The lowest BCUT2D eigenvalue weighted by Gasteiger charge is -2.40. The van der Waals surface area contributed by atoms with E-state index in [1.807, 2.05) is 0 Å². The predicted molar refractivity (Wildman–Crippen MR) is 85.5 cm³/mol. The summed E-state index contributed by atoms with van der Waals surface area (Å²) >= 11 is 0. The lowest BCUT2D eigenvalue weighted by atomic mass is 9.77. The first-order valence-electron chi connectivity index (χ1n) is 7.66. The summed E-state index contributed by atoms with van der Waals surface area (Å²) < 4.78 is 5.06. The van der Waals surface area contributed by atoms with Gasteiger partial charge in [-0.1, -0.05) is 12.1 Å². The van der Waals surface area contributed by atoms with Crippen molar-refractivity contribution >= 4 is 18.0 Å². The van der Waals surface area contributed by atoms with Gasteiger partial charge in [-0.05, 0) is 23.8 Å². The highest BCUT2D eigenvalue weighted by atomic mass is 16.6. The van der Waals surface area contributed by atoms with Crippen LogP contribution in [0.1, 0.15) is 24.8 Å². The summed E-state index contributed by atoms with van der Waals surface area (Å²) in [6, 6.07) is 6.03. The third-order valence-electron chi connectivity index (χ3n) is 4.00. The van der Waals surface area contributed by atoms with E-state index in [-0.39, 0.29) is 18.6 Å². The molecule has 0 bridgehead atoms. The molecule has 1 fully saturated rings. The number of carboxylic acid groups (broad SMARTS) is 1. The standard InChI is InChI=1S/C17H20O8/c18-11-4-1-10(2-5-11)3-6-15(22)25-13-8-17(24,9-14(20)21)7-12(19)16(13)23/h1-6,12-13,16,18-19,23-24H,7-9H2,(H,20,21)/b6-3-/t12-,13-,16-,17+/m1/s1. The molecule has 136 valence electrons. The Kier molecular flexibility index (Phi) is 5.78. The van der Waals surface area contributed by atoms with E-state index in [4.69, 9.17) is 9.84 Å². The smallest absolute Gasteiger partial charge is 0.331 e. The average molecular weight is 352 g/mol. The molecule has 2 rings (SSSR count). The van der Waals surface area contributed by atoms with Crippen LogP contribution in [0.4, 0.5) is 0 Å². The third-order valence-corrected chi connectivity index (χ3v) is 4.00. The Labute approximate surface area is 143 Å². The maximum Gasteiger partial charge on any atom is 0.331 e. The molecule has 0 radical (unpaired) electrons. The quantitative estimate of drug-likeness (QED) is 0.369. The van der Waals surface area contributed by atoms with Crippen LogP contribution in [0, 0.1) is 0 Å². The summed E-state index contributed by atoms with van der Waals surface area (Å²) in [5, 5.41) is 48.0. The lowest BCUT2D eigenvalue weighted by Crippen LogP contribution is -2.54. The number of aromatic hydroxyl groups is 1. The number of phenols is 1. The lowest BCUT2D eigenvalue weighted by molar-refractivity contribution is -0.185. The second-order valence-corrected chi connectivity index (χ2v) is 6.16. The number of phenolic OH excluding ortho intramolecular Hbond substituents is 1. The van der Waals surface area contributed by atoms with Crippen molar-refractivity contribution in [2.24, 2.45) is 0 Å². The molecule has 1 aromatic carbocycles. The number of aliphatic hydroxyl groups is 3. The number of carboxylic acids is 1. The van der Waals surface area contributed by atoms with Gasteiger partial charge in [0, 0.05) is 18.9 Å². The summed E-state index contributed by atoms with van der Waals surface area (Å²) in [4.78, 5) is 22.7. The Morgan fingerprint density at radius 3 is 2.44 bits per heavy atom. The van der Waals surface area contributed by atoms with E-state index in [0.29, 0.717) is 5.56 Å². The van der Waals surface area contributed by atoms with Crippen molar-refractivity contribution in [2.45, 2.75) is 43.2 Å². The van der Waals surface area contributed by atoms with E-state index >= 15 is 0 Å². The molecular formula is C17H20O8. The highest BCUT2D eigenvalue weighted by Gasteiger charge is 2.46. The molecule has 1 saturated carbocycles. The summed E-state index contributed by atoms with van der Waals surface area (Å²) in [6.07, 6.45) is -2.78. The van der Waals surface area contributed by atoms with Crippen molar-refractivity contribution in [3.05, 3.63) is 35.9 Å². The van der Waals surface area contributed by atoms with Gasteiger partial charge >= 0.3 is 11.9 Å². The van der Waals surface area contributed by atoms with Crippen molar-refractivity contribution in [3.63, 3.8) is 0 Å². The minimum Gasteiger partial charge on any atom is -0.508 e. The second-order valence-electron chi connectivity index (χ2n) is 6.16. The zero-order valence-corrected chi connectivity index (χ0v) is 13.3. The van der Waals surface area contributed by atoms with Crippen molar-refractivity contribution < 1.29 is 39.9 Å². The Morgan fingerprint density at radius 2 is 1.84 bits per heavy atom. The normalized spacial score (nSPS) is 29.5. The van der Waals surface area contributed by atoms with Crippen molar-refractivity contribution in [1.82, 2.24) is 0 Å². The van der Waals surface area contributed by atoms with E-state index in [0.717, 1.165) is 6.08 Å². The Hall–Kier alpha value is -2.42. The first-order chi connectivity index (χ1) is 11.7. The number of hydrogen-bond acceptors (Lipinski definition) is 7. The molecule has 8 nitrogen and oxygen atoms in total. The van der Waals surface area contributed by atoms with Crippen LogP contribution in [0.3, 0.4) is 0 Å². The molecular weight excluding hydrogens is 332 g/mol. The van der Waals surface area contributed by atoms with Gasteiger partial charge in [0.25, 0.3) is 0 Å². The van der Waals surface area contributed by atoms with E-state index < -0.39 is 42.3 Å². The Morgan fingerprint density at radius 1 is 1.20 bits per heavy atom. The molecule has 4 atom stereocenters. The van der Waals surface area contributed by atoms with Crippen LogP contribution in [-0.2, 0) is 14.3 Å². The number of aliphatic carboxylic acids is 1. The highest BCUT2D eigenvalue weighted by Crippen LogP contribution is 2.33. The molecule has 8 heteroatoms. The van der Waals surface area contributed by atoms with Gasteiger partial charge in [0.15, 0.2) is 0 Å². The molecule has 1 aliphatic rings. The summed E-state index contributed by atoms with van der Waals surface area (Å²) in [5.41, 5.74) is -1.14. The van der Waals surface area contributed by atoms with E-state index in [1.165, 1.54) is 18.2 Å². The SMILES string of the molecule is O=C(O)C[C@]1(O)C[C@@H](O)[C@@H](O)[C@H](OC(=O)/C=C\c2ccc(O)cc2)C1. The fourth-order valence-electron chi connectivity index (χ4n) is 2.81. The number of esters is 1. The molecule has 25 heavy (non-hydrogen) atoms. The van der Waals surface area contributed by atoms with E-state index in [1.54, 1.807) is 12.1 Å². The molecule has 5 N–H and O–H groups in total. The van der Waals surface area contributed by atoms with E-state index in [2.05, 4.69) is 0 Å².